The van der Waals surface area contributed by atoms with Crippen LogP contribution >= 0.6 is 11.6 Å². The molecule has 0 bridgehead atoms. The van der Waals surface area contributed by atoms with Crippen molar-refractivity contribution in [2.45, 2.75) is 26.3 Å². The van der Waals surface area contributed by atoms with Crippen LogP contribution in [-0.4, -0.2) is 15.7 Å². The molecule has 8 heteroatoms. The fourth-order valence-corrected chi connectivity index (χ4v) is 2.45. The van der Waals surface area contributed by atoms with Crippen LogP contribution in [-0.2, 0) is 20.0 Å². The summed E-state index contributed by atoms with van der Waals surface area (Å²) in [5.41, 5.74) is 0.0959. The Morgan fingerprint density at radius 1 is 1.39 bits per heavy atom. The minimum atomic E-state index is -3.04. The molecule has 23 heavy (non-hydrogen) atoms. The van der Waals surface area contributed by atoms with E-state index >= 15 is 0 Å². The van der Waals surface area contributed by atoms with Gasteiger partial charge in [-0.2, -0.15) is 9.49 Å². The number of carbonyl (C=O) groups is 1. The number of benzene rings is 1. The first-order chi connectivity index (χ1) is 10.8. The Morgan fingerprint density at radius 3 is 2.70 bits per heavy atom. The van der Waals surface area contributed by atoms with Crippen molar-refractivity contribution in [1.29, 1.82) is 0 Å². The molecule has 0 aliphatic carbocycles. The second-order valence-electron chi connectivity index (χ2n) is 4.92. The van der Waals surface area contributed by atoms with Crippen molar-refractivity contribution in [2.24, 2.45) is 7.05 Å². The lowest BCUT2D eigenvalue weighted by Crippen LogP contribution is -2.25. The normalized spacial score (nSPS) is 11.1. The molecule has 1 N–H and O–H groups in total. The summed E-state index contributed by atoms with van der Waals surface area (Å²) in [4.78, 5) is 12.1. The zero-order chi connectivity index (χ0) is 17.1. The molecule has 0 fully saturated rings. The Labute approximate surface area is 136 Å². The van der Waals surface area contributed by atoms with Crippen molar-refractivity contribution in [3.63, 3.8) is 0 Å². The maximum Gasteiger partial charge on any atom is 0.283 e. The van der Waals surface area contributed by atoms with Gasteiger partial charge >= 0.3 is 0 Å². The summed E-state index contributed by atoms with van der Waals surface area (Å²) < 4.78 is 40.2. The molecule has 1 aromatic heterocycles. The average molecular weight is 346 g/mol. The van der Waals surface area contributed by atoms with Crippen molar-refractivity contribution >= 4 is 17.5 Å². The van der Waals surface area contributed by atoms with Gasteiger partial charge in [-0.1, -0.05) is 24.6 Å². The number of rotatable bonds is 5. The summed E-state index contributed by atoms with van der Waals surface area (Å²) >= 11 is 5.92. The first kappa shape index (κ1) is 17.3. The van der Waals surface area contributed by atoms with E-state index in [1.54, 1.807) is 12.1 Å². The minimum absolute atomic E-state index is 0.0551. The molecule has 0 aliphatic heterocycles. The smallest absolute Gasteiger partial charge is 0.283 e. The SMILES string of the molecule is CCc1ccc(Cl)cc1CNC(=O)c1c(C(F)F)nn(C)c1F. The van der Waals surface area contributed by atoms with Crippen LogP contribution in [0, 0.1) is 5.95 Å². The van der Waals surface area contributed by atoms with Crippen LogP contribution in [0.4, 0.5) is 13.2 Å². The number of hydrogen-bond acceptors (Lipinski definition) is 2. The van der Waals surface area contributed by atoms with Gasteiger partial charge in [-0.25, -0.2) is 13.5 Å². The number of alkyl halides is 2. The maximum atomic E-state index is 13.9. The number of amides is 1. The molecule has 0 saturated carbocycles. The molecular formula is C15H15ClF3N3O. The van der Waals surface area contributed by atoms with Crippen LogP contribution in [0.5, 0.6) is 0 Å². The Balaban J connectivity index is 2.23. The van der Waals surface area contributed by atoms with Gasteiger partial charge in [0, 0.05) is 18.6 Å². The Morgan fingerprint density at radius 2 is 2.09 bits per heavy atom. The standard InChI is InChI=1S/C15H15ClF3N3O/c1-3-8-4-5-10(16)6-9(8)7-20-15(23)11-12(13(17)18)21-22(2)14(11)19/h4-6,13H,3,7H2,1-2H3,(H,20,23). The first-order valence-corrected chi connectivity index (χ1v) is 7.29. The summed E-state index contributed by atoms with van der Waals surface area (Å²) in [5, 5.41) is 6.28. The van der Waals surface area contributed by atoms with Crippen LogP contribution in [0.2, 0.25) is 5.02 Å². The van der Waals surface area contributed by atoms with Crippen molar-refractivity contribution in [1.82, 2.24) is 15.1 Å². The van der Waals surface area contributed by atoms with Crippen LogP contribution in [0.1, 0.15) is 40.5 Å². The van der Waals surface area contributed by atoms with Crippen LogP contribution in [0.25, 0.3) is 0 Å². The molecule has 0 radical (unpaired) electrons. The molecule has 124 valence electrons. The predicted octanol–water partition coefficient (Wildman–Crippen LogP) is 3.64. The third kappa shape index (κ3) is 3.67. The Bertz CT molecular complexity index is 731. The fourth-order valence-electron chi connectivity index (χ4n) is 2.25. The number of hydrogen-bond donors (Lipinski definition) is 1. The summed E-state index contributed by atoms with van der Waals surface area (Å²) in [6, 6.07) is 5.22. The highest BCUT2D eigenvalue weighted by Crippen LogP contribution is 2.24. The van der Waals surface area contributed by atoms with Gasteiger partial charge in [0.2, 0.25) is 5.95 Å². The second kappa shape index (κ2) is 7.04. The molecule has 0 atom stereocenters. The summed E-state index contributed by atoms with van der Waals surface area (Å²) in [7, 11) is 1.16. The highest BCUT2D eigenvalue weighted by atomic mass is 35.5. The zero-order valence-electron chi connectivity index (χ0n) is 12.5. The van der Waals surface area contributed by atoms with Crippen molar-refractivity contribution in [2.75, 3.05) is 0 Å². The molecule has 2 rings (SSSR count). The quantitative estimate of drug-likeness (QED) is 0.899. The van der Waals surface area contributed by atoms with E-state index in [0.29, 0.717) is 16.1 Å². The van der Waals surface area contributed by atoms with Gasteiger partial charge in [0.25, 0.3) is 12.3 Å². The number of aromatic nitrogens is 2. The van der Waals surface area contributed by atoms with Gasteiger partial charge in [0.15, 0.2) is 0 Å². The van der Waals surface area contributed by atoms with E-state index in [-0.39, 0.29) is 6.54 Å². The van der Waals surface area contributed by atoms with Gasteiger partial charge < -0.3 is 5.32 Å². The molecule has 0 spiro atoms. The topological polar surface area (TPSA) is 46.9 Å². The summed E-state index contributed by atoms with van der Waals surface area (Å²) in [5.74, 6) is -2.03. The minimum Gasteiger partial charge on any atom is -0.348 e. The third-order valence-corrected chi connectivity index (χ3v) is 3.66. The Hall–Kier alpha value is -2.02. The molecule has 0 saturated heterocycles. The molecule has 1 heterocycles. The van der Waals surface area contributed by atoms with Gasteiger partial charge in [0.05, 0.1) is 0 Å². The highest BCUT2D eigenvalue weighted by Gasteiger charge is 2.28. The van der Waals surface area contributed by atoms with Crippen LogP contribution < -0.4 is 5.32 Å². The van der Waals surface area contributed by atoms with E-state index in [2.05, 4.69) is 10.4 Å². The van der Waals surface area contributed by atoms with E-state index in [4.69, 9.17) is 11.6 Å². The fraction of sp³-hybridized carbons (Fsp3) is 0.333. The lowest BCUT2D eigenvalue weighted by Gasteiger charge is -2.10. The highest BCUT2D eigenvalue weighted by molar-refractivity contribution is 6.30. The number of carbonyl (C=O) groups excluding carboxylic acids is 1. The van der Waals surface area contributed by atoms with Crippen molar-refractivity contribution < 1.29 is 18.0 Å². The van der Waals surface area contributed by atoms with E-state index in [1.807, 2.05) is 13.0 Å². The van der Waals surface area contributed by atoms with Gasteiger partial charge in [-0.3, -0.25) is 4.79 Å². The zero-order valence-corrected chi connectivity index (χ0v) is 13.3. The predicted molar refractivity (Wildman–Crippen MR) is 80.1 cm³/mol. The molecule has 0 aliphatic rings. The van der Waals surface area contributed by atoms with Gasteiger partial charge in [0.1, 0.15) is 11.3 Å². The molecule has 0 unspecified atom stereocenters. The lowest BCUT2D eigenvalue weighted by atomic mass is 10.1. The average Bonchev–Trinajstić information content (AvgIpc) is 2.81. The lowest BCUT2D eigenvalue weighted by molar-refractivity contribution is 0.0931. The number of halogens is 4. The molecule has 1 amide bonds. The Kier molecular flexibility index (Phi) is 5.30. The molecular weight excluding hydrogens is 331 g/mol. The molecule has 1 aromatic carbocycles. The largest absolute Gasteiger partial charge is 0.348 e. The number of nitrogens with one attached hydrogen (secondary N) is 1. The maximum absolute atomic E-state index is 13.9. The van der Waals surface area contributed by atoms with Crippen molar-refractivity contribution in [3.05, 3.63) is 51.6 Å². The van der Waals surface area contributed by atoms with E-state index in [0.717, 1.165) is 18.2 Å². The third-order valence-electron chi connectivity index (χ3n) is 3.43. The first-order valence-electron chi connectivity index (χ1n) is 6.91. The molecule has 4 nitrogen and oxygen atoms in total. The number of nitrogens with zero attached hydrogens (tertiary/aromatic N) is 2. The van der Waals surface area contributed by atoms with Gasteiger partial charge in [-0.15, -0.1) is 0 Å². The van der Waals surface area contributed by atoms with Crippen LogP contribution in [0.3, 0.4) is 0 Å². The summed E-state index contributed by atoms with van der Waals surface area (Å²) in [6.45, 7) is 1.99. The van der Waals surface area contributed by atoms with E-state index < -0.39 is 29.5 Å². The van der Waals surface area contributed by atoms with Crippen molar-refractivity contribution in [3.8, 4) is 0 Å². The van der Waals surface area contributed by atoms with Gasteiger partial charge in [-0.05, 0) is 29.7 Å². The van der Waals surface area contributed by atoms with E-state index in [1.165, 1.54) is 0 Å². The molecule has 2 aromatic rings. The summed E-state index contributed by atoms with van der Waals surface area (Å²) in [6.07, 6.45) is -2.32. The van der Waals surface area contributed by atoms with Crippen LogP contribution in [0.15, 0.2) is 18.2 Å². The van der Waals surface area contributed by atoms with E-state index in [9.17, 15) is 18.0 Å². The number of aryl methyl sites for hydroxylation is 2. The second-order valence-corrected chi connectivity index (χ2v) is 5.36. The monoisotopic (exact) mass is 345 g/mol.